The van der Waals surface area contributed by atoms with Crippen LogP contribution in [0, 0.1) is 0 Å². The van der Waals surface area contributed by atoms with E-state index in [1.165, 1.54) is 63.5 Å². The largest absolute Gasteiger partial charge is 0.394 e. The molecule has 0 radical (unpaired) electrons. The third-order valence-electron chi connectivity index (χ3n) is 5.05. The van der Waals surface area contributed by atoms with E-state index in [1.807, 2.05) is 0 Å². The molecule has 2 rings (SSSR count). The minimum Gasteiger partial charge on any atom is -0.394 e. The van der Waals surface area contributed by atoms with Gasteiger partial charge in [0.25, 0.3) is 5.91 Å². The molecule has 1 fully saturated rings. The molecule has 1 atom stereocenters. The summed E-state index contributed by atoms with van der Waals surface area (Å²) >= 11 is 0. The molecule has 1 heterocycles. The van der Waals surface area contributed by atoms with Gasteiger partial charge in [0.05, 0.1) is 12.8 Å². The van der Waals surface area contributed by atoms with Crippen molar-refractivity contribution in [2.75, 3.05) is 6.61 Å². The van der Waals surface area contributed by atoms with Crippen LogP contribution in [0.4, 0.5) is 0 Å². The number of hydrogen-bond donors (Lipinski definition) is 3. The molecule has 0 unspecified atom stereocenters. The van der Waals surface area contributed by atoms with Crippen molar-refractivity contribution in [2.24, 2.45) is 0 Å². The molecule has 1 aromatic heterocycles. The van der Waals surface area contributed by atoms with Crippen LogP contribution in [0.1, 0.15) is 81.1 Å². The third kappa shape index (κ3) is 8.03. The molecule has 1 saturated carbocycles. The van der Waals surface area contributed by atoms with Crippen molar-refractivity contribution >= 4 is 11.8 Å². The van der Waals surface area contributed by atoms with Gasteiger partial charge in [-0.15, -0.1) is 0 Å². The summed E-state index contributed by atoms with van der Waals surface area (Å²) in [5, 5.41) is 15.1. The number of carbonyl (C=O) groups is 2. The number of amides is 2. The van der Waals surface area contributed by atoms with Gasteiger partial charge in [-0.2, -0.15) is 0 Å². The maximum absolute atomic E-state index is 12.6. The van der Waals surface area contributed by atoms with Crippen LogP contribution in [-0.2, 0) is 4.79 Å². The van der Waals surface area contributed by atoms with E-state index < -0.39 is 18.6 Å². The minimum absolute atomic E-state index is 0.0967. The van der Waals surface area contributed by atoms with Gasteiger partial charge < -0.3 is 15.7 Å². The van der Waals surface area contributed by atoms with Crippen LogP contribution in [-0.4, -0.2) is 45.6 Å². The van der Waals surface area contributed by atoms with Crippen molar-refractivity contribution in [2.45, 2.75) is 82.7 Å². The molecule has 1 aliphatic rings. The zero-order valence-electron chi connectivity index (χ0n) is 16.0. The van der Waals surface area contributed by atoms with E-state index in [0.29, 0.717) is 0 Å². The Hall–Kier alpha value is -2.02. The van der Waals surface area contributed by atoms with Crippen LogP contribution in [0.2, 0.25) is 0 Å². The zero-order chi connectivity index (χ0) is 19.3. The van der Waals surface area contributed by atoms with Gasteiger partial charge in [0.15, 0.2) is 0 Å². The first-order chi connectivity index (χ1) is 13.2. The predicted molar refractivity (Wildman–Crippen MR) is 103 cm³/mol. The number of carbonyl (C=O) groups excluding carboxylic acids is 2. The highest BCUT2D eigenvalue weighted by Gasteiger charge is 2.23. The van der Waals surface area contributed by atoms with Crippen LogP contribution in [0.3, 0.4) is 0 Å². The first-order valence-corrected chi connectivity index (χ1v) is 10.2. The Balaban J connectivity index is 1.87. The minimum atomic E-state index is -0.985. The lowest BCUT2D eigenvalue weighted by Crippen LogP contribution is -2.51. The molecule has 7 nitrogen and oxygen atoms in total. The molecule has 1 aliphatic carbocycles. The average Bonchev–Trinajstić information content (AvgIpc) is 2.68. The number of hydrogen-bond acceptors (Lipinski definition) is 5. The first kappa shape index (κ1) is 21.3. The lowest BCUT2D eigenvalue weighted by Gasteiger charge is -2.23. The topological polar surface area (TPSA) is 104 Å². The maximum atomic E-state index is 12.6. The normalized spacial score (nSPS) is 18.6. The summed E-state index contributed by atoms with van der Waals surface area (Å²) in [7, 11) is 0. The van der Waals surface area contributed by atoms with E-state index in [0.717, 1.165) is 25.7 Å². The summed E-state index contributed by atoms with van der Waals surface area (Å²) in [6.07, 6.45) is 17.1. The SMILES string of the molecule is O=C(N[C@@H](CO)C(=O)NC1CCCCCCCCCCC1)c1cnccn1. The number of aliphatic hydroxyl groups is 1. The summed E-state index contributed by atoms with van der Waals surface area (Å²) in [6, 6.07) is -0.889. The second-order valence-electron chi connectivity index (χ2n) is 7.26. The quantitative estimate of drug-likeness (QED) is 0.732. The monoisotopic (exact) mass is 376 g/mol. The van der Waals surface area contributed by atoms with Crippen LogP contribution in [0.5, 0.6) is 0 Å². The second-order valence-corrected chi connectivity index (χ2v) is 7.26. The number of aromatic nitrogens is 2. The Labute approximate surface area is 161 Å². The Bertz CT molecular complexity index is 556. The van der Waals surface area contributed by atoms with E-state index in [1.54, 1.807) is 0 Å². The van der Waals surface area contributed by atoms with Gasteiger partial charge in [0.2, 0.25) is 5.91 Å². The van der Waals surface area contributed by atoms with Crippen LogP contribution >= 0.6 is 0 Å². The van der Waals surface area contributed by atoms with Gasteiger partial charge in [-0.3, -0.25) is 14.6 Å². The van der Waals surface area contributed by atoms with Gasteiger partial charge in [0, 0.05) is 18.4 Å². The maximum Gasteiger partial charge on any atom is 0.272 e. The molecule has 2 amide bonds. The third-order valence-corrected chi connectivity index (χ3v) is 5.05. The molecule has 1 aromatic rings. The molecular weight excluding hydrogens is 344 g/mol. The van der Waals surface area contributed by atoms with Crippen molar-refractivity contribution in [3.05, 3.63) is 24.3 Å². The number of nitrogens with one attached hydrogen (secondary N) is 2. The van der Waals surface area contributed by atoms with E-state index in [-0.39, 0.29) is 17.6 Å². The molecule has 7 heteroatoms. The molecule has 150 valence electrons. The average molecular weight is 377 g/mol. The van der Waals surface area contributed by atoms with E-state index in [4.69, 9.17) is 0 Å². The summed E-state index contributed by atoms with van der Waals surface area (Å²) in [5.74, 6) is -0.858. The molecule has 0 aromatic carbocycles. The summed E-state index contributed by atoms with van der Waals surface area (Å²) in [4.78, 5) is 32.5. The lowest BCUT2D eigenvalue weighted by atomic mass is 9.97. The second kappa shape index (κ2) is 12.4. The standard InChI is InChI=1S/C20H32N4O3/c25-15-18(24-19(26)17-14-21-12-13-22-17)20(27)23-16-10-8-6-4-2-1-3-5-7-9-11-16/h12-14,16,18,25H,1-11,15H2,(H,23,27)(H,24,26)/t18-/m0/s1. The van der Waals surface area contributed by atoms with Gasteiger partial charge in [-0.25, -0.2) is 4.98 Å². The van der Waals surface area contributed by atoms with Crippen LogP contribution < -0.4 is 10.6 Å². The molecular formula is C20H32N4O3. The Kier molecular flexibility index (Phi) is 9.76. The van der Waals surface area contributed by atoms with Gasteiger partial charge >= 0.3 is 0 Å². The summed E-state index contributed by atoms with van der Waals surface area (Å²) in [6.45, 7) is -0.454. The van der Waals surface area contributed by atoms with Crippen molar-refractivity contribution in [3.8, 4) is 0 Å². The smallest absolute Gasteiger partial charge is 0.272 e. The zero-order valence-corrected chi connectivity index (χ0v) is 16.0. The Morgan fingerprint density at radius 3 is 2.11 bits per heavy atom. The molecule has 0 saturated heterocycles. The highest BCUT2D eigenvalue weighted by atomic mass is 16.3. The van der Waals surface area contributed by atoms with Gasteiger partial charge in [-0.1, -0.05) is 57.8 Å². The van der Waals surface area contributed by atoms with E-state index >= 15 is 0 Å². The van der Waals surface area contributed by atoms with Gasteiger partial charge in [-0.05, 0) is 12.8 Å². The number of aliphatic hydroxyl groups excluding tert-OH is 1. The van der Waals surface area contributed by atoms with Crippen molar-refractivity contribution in [1.29, 1.82) is 0 Å². The summed E-state index contributed by atoms with van der Waals surface area (Å²) in [5.41, 5.74) is 0.120. The number of nitrogens with zero attached hydrogens (tertiary/aromatic N) is 2. The first-order valence-electron chi connectivity index (χ1n) is 10.2. The Morgan fingerprint density at radius 1 is 1.00 bits per heavy atom. The summed E-state index contributed by atoms with van der Waals surface area (Å²) < 4.78 is 0. The molecule has 0 spiro atoms. The fourth-order valence-corrected chi connectivity index (χ4v) is 3.45. The molecule has 0 bridgehead atoms. The molecule has 27 heavy (non-hydrogen) atoms. The Morgan fingerprint density at radius 2 is 1.59 bits per heavy atom. The highest BCUT2D eigenvalue weighted by molar-refractivity contribution is 5.95. The predicted octanol–water partition coefficient (Wildman–Crippen LogP) is 2.36. The van der Waals surface area contributed by atoms with E-state index in [9.17, 15) is 14.7 Å². The van der Waals surface area contributed by atoms with Crippen molar-refractivity contribution in [1.82, 2.24) is 20.6 Å². The molecule has 3 N–H and O–H groups in total. The van der Waals surface area contributed by atoms with Crippen molar-refractivity contribution < 1.29 is 14.7 Å². The molecule has 0 aliphatic heterocycles. The van der Waals surface area contributed by atoms with Crippen molar-refractivity contribution in [3.63, 3.8) is 0 Å². The van der Waals surface area contributed by atoms with Crippen LogP contribution in [0.25, 0.3) is 0 Å². The lowest BCUT2D eigenvalue weighted by molar-refractivity contribution is -0.124. The van der Waals surface area contributed by atoms with E-state index in [2.05, 4.69) is 20.6 Å². The fraction of sp³-hybridized carbons (Fsp3) is 0.700. The fourth-order valence-electron chi connectivity index (χ4n) is 3.45. The van der Waals surface area contributed by atoms with Crippen LogP contribution in [0.15, 0.2) is 18.6 Å². The number of rotatable bonds is 5. The highest BCUT2D eigenvalue weighted by Crippen LogP contribution is 2.17. The van der Waals surface area contributed by atoms with Gasteiger partial charge in [0.1, 0.15) is 11.7 Å².